The molecular weight excluding hydrogens is 351 g/mol. The zero-order valence-corrected chi connectivity index (χ0v) is 15.4. The quantitative estimate of drug-likeness (QED) is 0.733. The lowest BCUT2D eigenvalue weighted by atomic mass is 9.99. The second kappa shape index (κ2) is 6.25. The van der Waals surface area contributed by atoms with Gasteiger partial charge in [0.15, 0.2) is 0 Å². The smallest absolute Gasteiger partial charge is 0.248 e. The van der Waals surface area contributed by atoms with Crippen molar-refractivity contribution < 1.29 is 8.81 Å². The Kier molecular flexibility index (Phi) is 4.03. The van der Waals surface area contributed by atoms with E-state index in [0.29, 0.717) is 28.8 Å². The van der Waals surface area contributed by atoms with Crippen LogP contribution in [-0.4, -0.2) is 20.9 Å². The number of aryl methyl sites for hydroxylation is 1. The van der Waals surface area contributed by atoms with Gasteiger partial charge in [-0.3, -0.25) is 0 Å². The Morgan fingerprint density at radius 3 is 2.46 bits per heavy atom. The second-order valence-electron chi connectivity index (χ2n) is 6.23. The molecule has 0 aliphatic carbocycles. The van der Waals surface area contributed by atoms with E-state index >= 15 is 0 Å². The first-order chi connectivity index (χ1) is 12.5. The van der Waals surface area contributed by atoms with Gasteiger partial charge in [0, 0.05) is 22.6 Å². The molecule has 2 aromatic heterocycles. The summed E-state index contributed by atoms with van der Waals surface area (Å²) >= 11 is 1.61. The molecule has 0 unspecified atom stereocenters. The van der Waals surface area contributed by atoms with Crippen LogP contribution < -0.4 is 5.73 Å². The van der Waals surface area contributed by atoms with Gasteiger partial charge in [0.1, 0.15) is 10.8 Å². The molecule has 0 saturated heterocycles. The highest BCUT2D eigenvalue weighted by Gasteiger charge is 2.26. The Bertz CT molecular complexity index is 1040. The van der Waals surface area contributed by atoms with Crippen molar-refractivity contribution in [3.63, 3.8) is 0 Å². The number of nitrogens with two attached hydrogens (primary N) is 1. The Labute approximate surface area is 154 Å². The molecule has 0 atom stereocenters. The highest BCUT2D eigenvalue weighted by molar-refractivity contribution is 7.99. The largest absolute Gasteiger partial charge is 0.416 e. The van der Waals surface area contributed by atoms with E-state index in [2.05, 4.69) is 22.1 Å². The van der Waals surface area contributed by atoms with Gasteiger partial charge >= 0.3 is 0 Å². The van der Waals surface area contributed by atoms with E-state index in [4.69, 9.17) is 10.2 Å². The molecule has 0 spiro atoms. The number of hydrogen-bond donors (Lipinski definition) is 1. The van der Waals surface area contributed by atoms with Gasteiger partial charge < -0.3 is 10.2 Å². The van der Waals surface area contributed by atoms with Crippen molar-refractivity contribution in [1.29, 1.82) is 0 Å². The Hall–Kier alpha value is -2.67. The van der Waals surface area contributed by atoms with Crippen LogP contribution in [0.2, 0.25) is 0 Å². The monoisotopic (exact) mass is 368 g/mol. The van der Waals surface area contributed by atoms with Gasteiger partial charge in [0.2, 0.25) is 11.8 Å². The van der Waals surface area contributed by atoms with Crippen molar-refractivity contribution in [1.82, 2.24) is 15.2 Å². The molecule has 3 heterocycles. The molecular formula is C19H17FN4OS. The Balaban J connectivity index is 1.78. The van der Waals surface area contributed by atoms with Crippen molar-refractivity contribution in [3.05, 3.63) is 58.4 Å². The first-order valence-corrected chi connectivity index (χ1v) is 9.13. The fourth-order valence-corrected chi connectivity index (χ4v) is 4.10. The number of pyridine rings is 1. The van der Waals surface area contributed by atoms with E-state index in [0.717, 1.165) is 33.0 Å². The van der Waals surface area contributed by atoms with Gasteiger partial charge in [-0.05, 0) is 56.2 Å². The lowest BCUT2D eigenvalue weighted by molar-refractivity contribution is 0.553. The Morgan fingerprint density at radius 1 is 1.04 bits per heavy atom. The van der Waals surface area contributed by atoms with Crippen LogP contribution >= 0.6 is 11.8 Å². The minimum atomic E-state index is -0.311. The summed E-state index contributed by atoms with van der Waals surface area (Å²) in [4.78, 5) is 4.66. The highest BCUT2D eigenvalue weighted by atomic mass is 32.2. The number of aromatic nitrogens is 3. The highest BCUT2D eigenvalue weighted by Crippen LogP contribution is 2.40. The third-order valence-corrected chi connectivity index (χ3v) is 5.69. The van der Waals surface area contributed by atoms with Crippen LogP contribution in [0.5, 0.6) is 0 Å². The maximum Gasteiger partial charge on any atom is 0.248 e. The summed E-state index contributed by atoms with van der Waals surface area (Å²) in [5, 5.41) is 9.17. The van der Waals surface area contributed by atoms with Gasteiger partial charge in [-0.25, -0.2) is 9.37 Å². The number of benzene rings is 1. The maximum absolute atomic E-state index is 13.1. The zero-order valence-electron chi connectivity index (χ0n) is 14.6. The number of halogens is 1. The normalized spacial score (nSPS) is 13.8. The van der Waals surface area contributed by atoms with E-state index in [-0.39, 0.29) is 5.82 Å². The fourth-order valence-electron chi connectivity index (χ4n) is 2.93. The van der Waals surface area contributed by atoms with Crippen molar-refractivity contribution >= 4 is 23.0 Å². The van der Waals surface area contributed by atoms with Crippen molar-refractivity contribution in [2.75, 3.05) is 5.75 Å². The lowest BCUT2D eigenvalue weighted by Crippen LogP contribution is -2.13. The van der Waals surface area contributed by atoms with Gasteiger partial charge in [0.05, 0.1) is 11.3 Å². The van der Waals surface area contributed by atoms with E-state index in [1.807, 2.05) is 13.8 Å². The average Bonchev–Trinajstić information content (AvgIpc) is 3.10. The van der Waals surface area contributed by atoms with Gasteiger partial charge in [-0.1, -0.05) is 0 Å². The van der Waals surface area contributed by atoms with Gasteiger partial charge in [-0.2, -0.15) is 0 Å². The predicted molar refractivity (Wildman–Crippen MR) is 99.9 cm³/mol. The molecule has 4 rings (SSSR count). The summed E-state index contributed by atoms with van der Waals surface area (Å²) in [5.41, 5.74) is 12.8. The molecule has 2 N–H and O–H groups in total. The summed E-state index contributed by atoms with van der Waals surface area (Å²) in [6.07, 6.45) is 0. The number of thioether (sulfide) groups is 1. The summed E-state index contributed by atoms with van der Waals surface area (Å²) in [6.45, 7) is 6.10. The van der Waals surface area contributed by atoms with E-state index in [1.54, 1.807) is 23.9 Å². The van der Waals surface area contributed by atoms with Crippen molar-refractivity contribution in [3.8, 4) is 11.5 Å². The molecule has 0 saturated carbocycles. The molecule has 132 valence electrons. The third kappa shape index (κ3) is 2.68. The van der Waals surface area contributed by atoms with Crippen LogP contribution in [0.1, 0.15) is 28.3 Å². The SMILES string of the molecule is Cc1nc2c(c(C)c1C)C(N)=C(c1nnc(-c3ccc(F)cc3)o1)CS2. The zero-order chi connectivity index (χ0) is 18.4. The molecule has 1 aliphatic rings. The molecule has 7 heteroatoms. The van der Waals surface area contributed by atoms with E-state index in [1.165, 1.54) is 12.1 Å². The molecule has 5 nitrogen and oxygen atoms in total. The standard InChI is InChI=1S/C19H17FN4OS/c1-9-10(2)15-16(21)14(8-26-19(15)22-11(9)3)18-24-23-17(25-18)12-4-6-13(20)7-5-12/h4-7H,8,21H2,1-3H3. The predicted octanol–water partition coefficient (Wildman–Crippen LogP) is 4.13. The van der Waals surface area contributed by atoms with E-state index < -0.39 is 0 Å². The van der Waals surface area contributed by atoms with Crippen LogP contribution in [0.4, 0.5) is 4.39 Å². The lowest BCUT2D eigenvalue weighted by Gasteiger charge is -2.21. The first kappa shape index (κ1) is 16.8. The fraction of sp³-hybridized carbons (Fsp3) is 0.211. The number of fused-ring (bicyclic) bond motifs is 1. The van der Waals surface area contributed by atoms with E-state index in [9.17, 15) is 4.39 Å². The topological polar surface area (TPSA) is 77.8 Å². The first-order valence-electron chi connectivity index (χ1n) is 8.15. The van der Waals surface area contributed by atoms with Crippen LogP contribution in [0.15, 0.2) is 33.7 Å². The molecule has 26 heavy (non-hydrogen) atoms. The average molecular weight is 368 g/mol. The molecule has 1 aliphatic heterocycles. The molecule has 0 fully saturated rings. The minimum absolute atomic E-state index is 0.311. The summed E-state index contributed by atoms with van der Waals surface area (Å²) in [6, 6.07) is 5.93. The molecule has 0 radical (unpaired) electrons. The Morgan fingerprint density at radius 2 is 1.73 bits per heavy atom. The molecule has 0 amide bonds. The molecule has 1 aromatic carbocycles. The van der Waals surface area contributed by atoms with Crippen molar-refractivity contribution in [2.24, 2.45) is 5.73 Å². The number of hydrogen-bond acceptors (Lipinski definition) is 6. The number of rotatable bonds is 2. The second-order valence-corrected chi connectivity index (χ2v) is 7.19. The summed E-state index contributed by atoms with van der Waals surface area (Å²) in [5.74, 6) is 1.02. The number of nitrogens with zero attached hydrogens (tertiary/aromatic N) is 3. The maximum atomic E-state index is 13.1. The molecule has 3 aromatic rings. The van der Waals surface area contributed by atoms with Crippen LogP contribution in [0.25, 0.3) is 22.7 Å². The molecule has 0 bridgehead atoms. The van der Waals surface area contributed by atoms with Crippen LogP contribution in [-0.2, 0) is 0 Å². The van der Waals surface area contributed by atoms with Crippen molar-refractivity contribution in [2.45, 2.75) is 25.8 Å². The van der Waals surface area contributed by atoms with Gasteiger partial charge in [-0.15, -0.1) is 22.0 Å². The van der Waals surface area contributed by atoms with Crippen LogP contribution in [0, 0.1) is 26.6 Å². The third-order valence-electron chi connectivity index (χ3n) is 4.69. The summed E-state index contributed by atoms with van der Waals surface area (Å²) in [7, 11) is 0. The van der Waals surface area contributed by atoms with Crippen LogP contribution in [0.3, 0.4) is 0 Å². The summed E-state index contributed by atoms with van der Waals surface area (Å²) < 4.78 is 18.9. The van der Waals surface area contributed by atoms with Gasteiger partial charge in [0.25, 0.3) is 0 Å². The minimum Gasteiger partial charge on any atom is -0.416 e.